The summed E-state index contributed by atoms with van der Waals surface area (Å²) in [6.07, 6.45) is -0.0371. The van der Waals surface area contributed by atoms with Crippen LogP contribution in [0.5, 0.6) is 11.5 Å². The van der Waals surface area contributed by atoms with Gasteiger partial charge in [0.1, 0.15) is 17.3 Å². The summed E-state index contributed by atoms with van der Waals surface area (Å²) < 4.78 is 73.5. The molecule has 2 aromatic rings. The molecule has 1 amide bonds. The number of carbonyl (C=O) groups is 1. The van der Waals surface area contributed by atoms with Crippen molar-refractivity contribution in [3.05, 3.63) is 47.8 Å². The number of ether oxygens (including phenoxy) is 2. The van der Waals surface area contributed by atoms with E-state index in [2.05, 4.69) is 5.32 Å². The zero-order valence-corrected chi connectivity index (χ0v) is 17.8. The number of hydrogen-bond acceptors (Lipinski definition) is 7. The molecule has 162 valence electrons. The summed E-state index contributed by atoms with van der Waals surface area (Å²) in [7, 11) is -4.66. The highest BCUT2D eigenvalue weighted by atomic mass is 32.2. The zero-order chi connectivity index (χ0) is 22.1. The summed E-state index contributed by atoms with van der Waals surface area (Å²) in [4.78, 5) is 12.4. The Morgan fingerprint density at radius 3 is 2.47 bits per heavy atom. The van der Waals surface area contributed by atoms with Gasteiger partial charge in [0.15, 0.2) is 19.7 Å². The van der Waals surface area contributed by atoms with Crippen LogP contribution in [-0.4, -0.2) is 53.7 Å². The van der Waals surface area contributed by atoms with E-state index in [1.807, 2.05) is 0 Å². The maximum Gasteiger partial charge on any atom is 0.258 e. The SMILES string of the molecule is COc1ccc(OC)c(NC(=O)c2cc(S(=O)(=O)[C@@H]3CCS(=O)(=O)C3)ccc2F)c1. The number of amides is 1. The van der Waals surface area contributed by atoms with Gasteiger partial charge in [0.25, 0.3) is 5.91 Å². The molecule has 1 aliphatic heterocycles. The Labute approximate surface area is 173 Å². The highest BCUT2D eigenvalue weighted by molar-refractivity contribution is 7.96. The molecule has 1 N–H and O–H groups in total. The third-order valence-corrected chi connectivity index (χ3v) is 8.97. The Bertz CT molecular complexity index is 1190. The van der Waals surface area contributed by atoms with Crippen LogP contribution in [0, 0.1) is 5.82 Å². The number of hydrogen-bond donors (Lipinski definition) is 1. The molecule has 3 rings (SSSR count). The molecule has 0 radical (unpaired) electrons. The van der Waals surface area contributed by atoms with Crippen LogP contribution in [0.15, 0.2) is 41.3 Å². The maximum atomic E-state index is 14.3. The van der Waals surface area contributed by atoms with Gasteiger partial charge in [-0.15, -0.1) is 0 Å². The molecule has 0 spiro atoms. The van der Waals surface area contributed by atoms with E-state index in [1.54, 1.807) is 12.1 Å². The van der Waals surface area contributed by atoms with Crippen LogP contribution in [0.2, 0.25) is 0 Å². The van der Waals surface area contributed by atoms with Crippen LogP contribution in [-0.2, 0) is 19.7 Å². The van der Waals surface area contributed by atoms with Crippen LogP contribution >= 0.6 is 0 Å². The molecule has 0 bridgehead atoms. The fraction of sp³-hybridized carbons (Fsp3) is 0.316. The van der Waals surface area contributed by atoms with Crippen molar-refractivity contribution in [1.82, 2.24) is 0 Å². The Morgan fingerprint density at radius 1 is 1.13 bits per heavy atom. The Balaban J connectivity index is 1.93. The first-order chi connectivity index (χ1) is 14.1. The molecule has 0 aromatic heterocycles. The van der Waals surface area contributed by atoms with Gasteiger partial charge in [0.05, 0.1) is 47.1 Å². The summed E-state index contributed by atoms with van der Waals surface area (Å²) in [6, 6.07) is 7.44. The minimum atomic E-state index is -4.05. The second-order valence-electron chi connectivity index (χ2n) is 6.73. The molecule has 8 nitrogen and oxygen atoms in total. The van der Waals surface area contributed by atoms with E-state index in [0.29, 0.717) is 11.5 Å². The standard InChI is InChI=1S/C19H20FNO7S2/c1-27-12-3-6-18(28-2)17(9-12)21-19(22)15-10-13(4-5-16(15)20)30(25,26)14-7-8-29(23,24)11-14/h3-6,9-10,14H,7-8,11H2,1-2H3,(H,21,22)/t14-/m1/s1. The van der Waals surface area contributed by atoms with Crippen molar-refractivity contribution in [2.24, 2.45) is 0 Å². The average molecular weight is 458 g/mol. The monoisotopic (exact) mass is 457 g/mol. The molecule has 1 atom stereocenters. The van der Waals surface area contributed by atoms with Crippen molar-refractivity contribution in [2.45, 2.75) is 16.6 Å². The second-order valence-corrected chi connectivity index (χ2v) is 11.2. The molecule has 0 saturated carbocycles. The number of carbonyl (C=O) groups excluding carboxylic acids is 1. The molecule has 1 aliphatic rings. The van der Waals surface area contributed by atoms with Gasteiger partial charge in [0.2, 0.25) is 0 Å². The topological polar surface area (TPSA) is 116 Å². The summed E-state index contributed by atoms with van der Waals surface area (Å²) >= 11 is 0. The van der Waals surface area contributed by atoms with Crippen molar-refractivity contribution >= 4 is 31.3 Å². The number of rotatable bonds is 6. The van der Waals surface area contributed by atoms with E-state index < -0.39 is 48.0 Å². The van der Waals surface area contributed by atoms with Crippen molar-refractivity contribution in [3.63, 3.8) is 0 Å². The van der Waals surface area contributed by atoms with E-state index in [-0.39, 0.29) is 22.8 Å². The third-order valence-electron chi connectivity index (χ3n) is 4.80. The number of anilines is 1. The Kier molecular flexibility index (Phi) is 6.04. The van der Waals surface area contributed by atoms with E-state index in [0.717, 1.165) is 18.2 Å². The fourth-order valence-electron chi connectivity index (χ4n) is 3.15. The van der Waals surface area contributed by atoms with Crippen LogP contribution in [0.3, 0.4) is 0 Å². The third kappa shape index (κ3) is 4.41. The molecular weight excluding hydrogens is 437 g/mol. The molecule has 11 heteroatoms. The molecule has 0 unspecified atom stereocenters. The summed E-state index contributed by atoms with van der Waals surface area (Å²) in [5, 5.41) is 1.36. The highest BCUT2D eigenvalue weighted by Crippen LogP contribution is 2.30. The number of sulfone groups is 2. The first-order valence-corrected chi connectivity index (χ1v) is 12.2. The van der Waals surface area contributed by atoms with E-state index in [4.69, 9.17) is 9.47 Å². The van der Waals surface area contributed by atoms with Crippen molar-refractivity contribution in [1.29, 1.82) is 0 Å². The average Bonchev–Trinajstić information content (AvgIpc) is 3.08. The lowest BCUT2D eigenvalue weighted by Crippen LogP contribution is -2.23. The van der Waals surface area contributed by atoms with Gasteiger partial charge in [-0.05, 0) is 36.8 Å². The lowest BCUT2D eigenvalue weighted by molar-refractivity contribution is 0.102. The molecule has 1 heterocycles. The summed E-state index contributed by atoms with van der Waals surface area (Å²) in [5.74, 6) is -1.81. The zero-order valence-electron chi connectivity index (χ0n) is 16.2. The van der Waals surface area contributed by atoms with Crippen LogP contribution < -0.4 is 14.8 Å². The predicted octanol–water partition coefficient (Wildman–Crippen LogP) is 2.06. The normalized spacial score (nSPS) is 18.0. The van der Waals surface area contributed by atoms with Gasteiger partial charge in [-0.2, -0.15) is 0 Å². The molecule has 2 aromatic carbocycles. The maximum absolute atomic E-state index is 14.3. The van der Waals surface area contributed by atoms with Crippen LogP contribution in [0.25, 0.3) is 0 Å². The second kappa shape index (κ2) is 8.23. The van der Waals surface area contributed by atoms with Gasteiger partial charge in [-0.25, -0.2) is 21.2 Å². The van der Waals surface area contributed by atoms with Crippen molar-refractivity contribution < 1.29 is 35.5 Å². The van der Waals surface area contributed by atoms with Gasteiger partial charge < -0.3 is 14.8 Å². The van der Waals surface area contributed by atoms with Crippen LogP contribution in [0.1, 0.15) is 16.8 Å². The van der Waals surface area contributed by atoms with E-state index >= 15 is 0 Å². The molecule has 1 saturated heterocycles. The number of methoxy groups -OCH3 is 2. The number of benzene rings is 2. The molecule has 1 fully saturated rings. The quantitative estimate of drug-likeness (QED) is 0.660. The number of halogens is 1. The van der Waals surface area contributed by atoms with E-state index in [1.165, 1.54) is 20.3 Å². The van der Waals surface area contributed by atoms with Gasteiger partial charge in [0, 0.05) is 6.07 Å². The van der Waals surface area contributed by atoms with Gasteiger partial charge in [-0.3, -0.25) is 4.79 Å². The summed E-state index contributed by atoms with van der Waals surface area (Å²) in [5.41, 5.74) is -0.293. The molecule has 30 heavy (non-hydrogen) atoms. The smallest absolute Gasteiger partial charge is 0.258 e. The van der Waals surface area contributed by atoms with Crippen molar-refractivity contribution in [3.8, 4) is 11.5 Å². The summed E-state index contributed by atoms with van der Waals surface area (Å²) in [6.45, 7) is 0. The molecule has 0 aliphatic carbocycles. The largest absolute Gasteiger partial charge is 0.497 e. The lowest BCUT2D eigenvalue weighted by atomic mass is 10.2. The minimum absolute atomic E-state index is 0.0371. The minimum Gasteiger partial charge on any atom is -0.497 e. The first kappa shape index (κ1) is 22.0. The Hall–Kier alpha value is -2.66. The first-order valence-electron chi connectivity index (χ1n) is 8.84. The molecular formula is C19H20FNO7S2. The van der Waals surface area contributed by atoms with E-state index in [9.17, 15) is 26.0 Å². The van der Waals surface area contributed by atoms with Crippen molar-refractivity contribution in [2.75, 3.05) is 31.0 Å². The van der Waals surface area contributed by atoms with Gasteiger partial charge >= 0.3 is 0 Å². The number of nitrogens with one attached hydrogen (secondary N) is 1. The fourth-order valence-corrected chi connectivity index (χ4v) is 7.54. The van der Waals surface area contributed by atoms with Crippen LogP contribution in [0.4, 0.5) is 10.1 Å². The predicted molar refractivity (Wildman–Crippen MR) is 108 cm³/mol. The highest BCUT2D eigenvalue weighted by Gasteiger charge is 2.38. The van der Waals surface area contributed by atoms with Gasteiger partial charge in [-0.1, -0.05) is 0 Å². The lowest BCUT2D eigenvalue weighted by Gasteiger charge is -2.14. The Morgan fingerprint density at radius 2 is 1.87 bits per heavy atom.